The molecule has 29 heavy (non-hydrogen) atoms. The Bertz CT molecular complexity index is 1140. The minimum absolute atomic E-state index is 0.291. The molecule has 0 bridgehead atoms. The largest absolute Gasteiger partial charge is 0.398 e. The third-order valence-corrected chi connectivity index (χ3v) is 4.58. The summed E-state index contributed by atoms with van der Waals surface area (Å²) < 4.78 is 1.36. The van der Waals surface area contributed by atoms with Gasteiger partial charge in [0, 0.05) is 24.5 Å². The quantitative estimate of drug-likeness (QED) is 0.506. The van der Waals surface area contributed by atoms with E-state index in [0.717, 1.165) is 11.1 Å². The molecule has 4 rings (SSSR count). The average Bonchev–Trinajstić information content (AvgIpc) is 3.17. The lowest BCUT2D eigenvalue weighted by molar-refractivity contribution is 0.0949. The van der Waals surface area contributed by atoms with E-state index in [1.165, 1.54) is 4.68 Å². The van der Waals surface area contributed by atoms with Gasteiger partial charge in [-0.1, -0.05) is 42.5 Å². The number of nitrogens with one attached hydrogen (secondary N) is 1. The molecule has 0 radical (unpaired) electrons. The fourth-order valence-electron chi connectivity index (χ4n) is 3.08. The maximum Gasteiger partial charge on any atom is 0.282 e. The van der Waals surface area contributed by atoms with Gasteiger partial charge < -0.3 is 11.1 Å². The van der Waals surface area contributed by atoms with Gasteiger partial charge in [-0.05, 0) is 42.3 Å². The lowest BCUT2D eigenvalue weighted by Gasteiger charge is -2.10. The van der Waals surface area contributed by atoms with Crippen molar-refractivity contribution in [2.75, 3.05) is 11.1 Å². The molecule has 144 valence electrons. The van der Waals surface area contributed by atoms with Gasteiger partial charge in [0.15, 0.2) is 0 Å². The highest BCUT2D eigenvalue weighted by Gasteiger charge is 2.19. The highest BCUT2D eigenvalue weighted by atomic mass is 16.2. The molecule has 0 amide bonds. The summed E-state index contributed by atoms with van der Waals surface area (Å²) in [7, 11) is 0. The van der Waals surface area contributed by atoms with Crippen LogP contribution in [0.5, 0.6) is 0 Å². The predicted molar refractivity (Wildman–Crippen MR) is 115 cm³/mol. The van der Waals surface area contributed by atoms with Gasteiger partial charge in [0.2, 0.25) is 0 Å². The van der Waals surface area contributed by atoms with Gasteiger partial charge in [0.25, 0.3) is 5.91 Å². The number of benzene rings is 2. The molecule has 0 spiro atoms. The fraction of sp³-hybridized carbons (Fsp3) is 0.0870. The number of aromatic nitrogens is 3. The molecule has 0 aliphatic rings. The van der Waals surface area contributed by atoms with Crippen LogP contribution in [0.3, 0.4) is 0 Å². The number of rotatable bonds is 5. The second-order valence-electron chi connectivity index (χ2n) is 6.78. The van der Waals surface area contributed by atoms with E-state index in [2.05, 4.69) is 15.4 Å². The second kappa shape index (κ2) is 7.98. The van der Waals surface area contributed by atoms with Crippen LogP contribution in [0.2, 0.25) is 0 Å². The third kappa shape index (κ3) is 4.01. The van der Waals surface area contributed by atoms with Crippen molar-refractivity contribution in [2.45, 2.75) is 13.5 Å². The molecule has 0 fully saturated rings. The molecule has 4 aromatic rings. The normalized spacial score (nSPS) is 10.7. The molecule has 2 aromatic heterocycles. The monoisotopic (exact) mass is 383 g/mol. The van der Waals surface area contributed by atoms with Crippen LogP contribution < -0.4 is 11.1 Å². The van der Waals surface area contributed by atoms with Crippen molar-refractivity contribution in [2.24, 2.45) is 0 Å². The zero-order valence-corrected chi connectivity index (χ0v) is 16.0. The molecular weight excluding hydrogens is 362 g/mol. The van der Waals surface area contributed by atoms with Crippen LogP contribution in [0.1, 0.15) is 21.5 Å². The highest BCUT2D eigenvalue weighted by molar-refractivity contribution is 6.02. The molecule has 6 heteroatoms. The number of carbonyl (C=O) groups excluding carboxylic acids is 1. The van der Waals surface area contributed by atoms with E-state index in [9.17, 15) is 4.79 Å². The lowest BCUT2D eigenvalue weighted by atomic mass is 10.1. The van der Waals surface area contributed by atoms with E-state index in [1.54, 1.807) is 18.3 Å². The molecular formula is C23H21N5O. The molecule has 3 N–H and O–H groups in total. The van der Waals surface area contributed by atoms with Gasteiger partial charge in [0.1, 0.15) is 11.5 Å². The van der Waals surface area contributed by atoms with Crippen molar-refractivity contribution in [3.05, 3.63) is 95.7 Å². The van der Waals surface area contributed by atoms with E-state index in [0.29, 0.717) is 35.0 Å². The Hall–Kier alpha value is -3.93. The van der Waals surface area contributed by atoms with E-state index >= 15 is 0 Å². The minimum Gasteiger partial charge on any atom is -0.398 e. The van der Waals surface area contributed by atoms with Gasteiger partial charge >= 0.3 is 0 Å². The molecule has 0 atom stereocenters. The van der Waals surface area contributed by atoms with E-state index < -0.39 is 0 Å². The van der Waals surface area contributed by atoms with Crippen molar-refractivity contribution in [3.8, 4) is 11.4 Å². The maximum atomic E-state index is 13.2. The summed E-state index contributed by atoms with van der Waals surface area (Å²) in [5.74, 6) is 0.291. The standard InChI is InChI=1S/C23H21N5O/c1-16-10-11-18(19(24)13-16)23(29)28-22(26-15-17-7-3-2-4-8-17)14-21(27-28)20-9-5-6-12-25-20/h2-14,26H,15,24H2,1H3. The summed E-state index contributed by atoms with van der Waals surface area (Å²) in [5, 5.41) is 7.83. The first-order valence-electron chi connectivity index (χ1n) is 9.32. The zero-order chi connectivity index (χ0) is 20.2. The van der Waals surface area contributed by atoms with Crippen molar-refractivity contribution in [3.63, 3.8) is 0 Å². The van der Waals surface area contributed by atoms with Crippen LogP contribution in [0.25, 0.3) is 11.4 Å². The highest BCUT2D eigenvalue weighted by Crippen LogP contribution is 2.23. The predicted octanol–water partition coefficient (Wildman–Crippen LogP) is 4.14. The number of aryl methyl sites for hydroxylation is 1. The molecule has 0 saturated carbocycles. The number of nitrogen functional groups attached to an aromatic ring is 1. The summed E-state index contributed by atoms with van der Waals surface area (Å²) >= 11 is 0. The van der Waals surface area contributed by atoms with Crippen molar-refractivity contribution in [1.82, 2.24) is 14.8 Å². The Morgan fingerprint density at radius 2 is 1.79 bits per heavy atom. The van der Waals surface area contributed by atoms with Gasteiger partial charge in [-0.3, -0.25) is 9.78 Å². The molecule has 0 aliphatic carbocycles. The fourth-order valence-corrected chi connectivity index (χ4v) is 3.08. The van der Waals surface area contributed by atoms with Crippen molar-refractivity contribution >= 4 is 17.4 Å². The van der Waals surface area contributed by atoms with Crippen molar-refractivity contribution in [1.29, 1.82) is 0 Å². The van der Waals surface area contributed by atoms with Crippen LogP contribution in [-0.2, 0) is 6.54 Å². The first kappa shape index (κ1) is 18.4. The minimum atomic E-state index is -0.291. The molecule has 2 heterocycles. The Labute approximate surface area is 169 Å². The zero-order valence-electron chi connectivity index (χ0n) is 16.0. The van der Waals surface area contributed by atoms with Crippen LogP contribution in [-0.4, -0.2) is 20.7 Å². The van der Waals surface area contributed by atoms with Crippen LogP contribution in [0.4, 0.5) is 11.5 Å². The van der Waals surface area contributed by atoms with E-state index in [-0.39, 0.29) is 5.91 Å². The first-order valence-corrected chi connectivity index (χ1v) is 9.32. The van der Waals surface area contributed by atoms with Crippen LogP contribution >= 0.6 is 0 Å². The Morgan fingerprint density at radius 3 is 2.52 bits per heavy atom. The Kier molecular flexibility index (Phi) is 5.07. The number of anilines is 2. The first-order chi connectivity index (χ1) is 14.1. The van der Waals surface area contributed by atoms with Gasteiger partial charge in [-0.2, -0.15) is 9.78 Å². The lowest BCUT2D eigenvalue weighted by Crippen LogP contribution is -2.18. The molecule has 0 aliphatic heterocycles. The Balaban J connectivity index is 1.72. The average molecular weight is 383 g/mol. The summed E-state index contributed by atoms with van der Waals surface area (Å²) in [6.45, 7) is 2.50. The van der Waals surface area contributed by atoms with Gasteiger partial charge in [-0.15, -0.1) is 0 Å². The maximum absolute atomic E-state index is 13.2. The molecule has 0 saturated heterocycles. The van der Waals surface area contributed by atoms with E-state index in [4.69, 9.17) is 5.73 Å². The van der Waals surface area contributed by atoms with Gasteiger partial charge in [0.05, 0.1) is 11.3 Å². The number of nitrogens with zero attached hydrogens (tertiary/aromatic N) is 3. The van der Waals surface area contributed by atoms with E-state index in [1.807, 2.05) is 67.6 Å². The molecule has 0 unspecified atom stereocenters. The summed E-state index contributed by atoms with van der Waals surface area (Å²) in [6, 6.07) is 22.8. The molecule has 2 aromatic carbocycles. The topological polar surface area (TPSA) is 85.8 Å². The number of hydrogen-bond acceptors (Lipinski definition) is 5. The summed E-state index contributed by atoms with van der Waals surface area (Å²) in [4.78, 5) is 17.6. The summed E-state index contributed by atoms with van der Waals surface area (Å²) in [5.41, 5.74) is 10.3. The Morgan fingerprint density at radius 1 is 1.00 bits per heavy atom. The number of nitrogens with two attached hydrogens (primary N) is 1. The number of pyridine rings is 1. The number of hydrogen-bond donors (Lipinski definition) is 2. The summed E-state index contributed by atoms with van der Waals surface area (Å²) in [6.07, 6.45) is 1.70. The second-order valence-corrected chi connectivity index (χ2v) is 6.78. The van der Waals surface area contributed by atoms with Gasteiger partial charge in [-0.25, -0.2) is 0 Å². The van der Waals surface area contributed by atoms with Crippen LogP contribution in [0, 0.1) is 6.92 Å². The smallest absolute Gasteiger partial charge is 0.282 e. The third-order valence-electron chi connectivity index (χ3n) is 4.58. The number of carbonyl (C=O) groups is 1. The molecule has 6 nitrogen and oxygen atoms in total. The SMILES string of the molecule is Cc1ccc(C(=O)n2nc(-c3ccccn3)cc2NCc2ccccc2)c(N)c1. The van der Waals surface area contributed by atoms with Crippen molar-refractivity contribution < 1.29 is 4.79 Å². The van der Waals surface area contributed by atoms with Crippen LogP contribution in [0.15, 0.2) is 79.0 Å².